The average molecular weight is 378 g/mol. The van der Waals surface area contributed by atoms with E-state index >= 15 is 0 Å². The summed E-state index contributed by atoms with van der Waals surface area (Å²) < 4.78 is 0. The number of halogens is 2. The lowest BCUT2D eigenvalue weighted by molar-refractivity contribution is 0.0954. The fourth-order valence-corrected chi connectivity index (χ4v) is 3.47. The molecule has 0 saturated carbocycles. The number of nitrogens with zero attached hydrogens (tertiary/aromatic N) is 2. The van der Waals surface area contributed by atoms with Gasteiger partial charge in [0.2, 0.25) is 0 Å². The molecule has 1 aliphatic rings. The van der Waals surface area contributed by atoms with Crippen molar-refractivity contribution < 1.29 is 4.79 Å². The molecule has 25 heavy (non-hydrogen) atoms. The molecule has 0 aliphatic carbocycles. The van der Waals surface area contributed by atoms with Gasteiger partial charge in [0.25, 0.3) is 5.91 Å². The van der Waals surface area contributed by atoms with E-state index in [1.165, 1.54) is 19.3 Å². The van der Waals surface area contributed by atoms with E-state index in [9.17, 15) is 4.79 Å². The first-order valence-corrected chi connectivity index (χ1v) is 9.32. The van der Waals surface area contributed by atoms with Crippen molar-refractivity contribution in [1.82, 2.24) is 10.3 Å². The van der Waals surface area contributed by atoms with Crippen molar-refractivity contribution in [3.63, 3.8) is 0 Å². The van der Waals surface area contributed by atoms with Crippen LogP contribution in [0.2, 0.25) is 10.0 Å². The highest BCUT2D eigenvalue weighted by molar-refractivity contribution is 6.35. The Bertz CT molecular complexity index is 728. The number of hydrogen-bond donors (Lipinski definition) is 1. The zero-order valence-electron chi connectivity index (χ0n) is 14.0. The molecule has 0 unspecified atom stereocenters. The summed E-state index contributed by atoms with van der Waals surface area (Å²) in [5.74, 6) is 0.826. The van der Waals surface area contributed by atoms with Crippen LogP contribution < -0.4 is 10.2 Å². The molecule has 1 saturated heterocycles. The minimum absolute atomic E-state index is 0.122. The van der Waals surface area contributed by atoms with Gasteiger partial charge in [0.1, 0.15) is 5.82 Å². The largest absolute Gasteiger partial charge is 0.357 e. The number of aromatic nitrogens is 1. The maximum absolute atomic E-state index is 12.2. The second-order valence-electron chi connectivity index (χ2n) is 6.19. The monoisotopic (exact) mass is 377 g/mol. The summed E-state index contributed by atoms with van der Waals surface area (Å²) in [7, 11) is 0. The van der Waals surface area contributed by atoms with Crippen LogP contribution in [-0.4, -0.2) is 30.5 Å². The third kappa shape index (κ3) is 4.86. The molecular weight excluding hydrogens is 357 g/mol. The number of amides is 1. The van der Waals surface area contributed by atoms with E-state index < -0.39 is 0 Å². The van der Waals surface area contributed by atoms with Crippen LogP contribution >= 0.6 is 23.2 Å². The molecule has 1 fully saturated rings. The van der Waals surface area contributed by atoms with Gasteiger partial charge in [0, 0.05) is 35.9 Å². The molecular formula is C19H21Cl2N3O. The lowest BCUT2D eigenvalue weighted by Crippen LogP contribution is -2.30. The summed E-state index contributed by atoms with van der Waals surface area (Å²) in [5.41, 5.74) is 1.54. The highest BCUT2D eigenvalue weighted by Gasteiger charge is 2.13. The molecule has 0 spiro atoms. The summed E-state index contributed by atoms with van der Waals surface area (Å²) >= 11 is 12.0. The Balaban J connectivity index is 1.52. The van der Waals surface area contributed by atoms with Gasteiger partial charge in [-0.1, -0.05) is 29.3 Å². The predicted molar refractivity (Wildman–Crippen MR) is 103 cm³/mol. The second kappa shape index (κ2) is 8.54. The van der Waals surface area contributed by atoms with Crippen molar-refractivity contribution in [2.75, 3.05) is 24.5 Å². The number of pyridine rings is 1. The fraction of sp³-hybridized carbons (Fsp3) is 0.368. The molecule has 1 aromatic heterocycles. The van der Waals surface area contributed by atoms with Gasteiger partial charge in [-0.05, 0) is 55.5 Å². The Kier molecular flexibility index (Phi) is 6.16. The van der Waals surface area contributed by atoms with E-state index in [1.807, 2.05) is 18.2 Å². The molecule has 0 bridgehead atoms. The van der Waals surface area contributed by atoms with Crippen molar-refractivity contribution in [3.8, 4) is 0 Å². The van der Waals surface area contributed by atoms with Crippen molar-refractivity contribution >= 4 is 34.9 Å². The van der Waals surface area contributed by atoms with Crippen LogP contribution in [0, 0.1) is 0 Å². The first-order chi connectivity index (χ1) is 12.1. The SMILES string of the molecule is O=C(NCCc1ccc(Cl)cc1Cl)c1ccc(N2CCCCC2)nc1. The molecule has 3 rings (SSSR count). The Morgan fingerprint density at radius 1 is 1.12 bits per heavy atom. The Morgan fingerprint density at radius 2 is 1.92 bits per heavy atom. The summed E-state index contributed by atoms with van der Waals surface area (Å²) in [6.45, 7) is 2.59. The Morgan fingerprint density at radius 3 is 2.60 bits per heavy atom. The molecule has 0 radical (unpaired) electrons. The molecule has 1 amide bonds. The summed E-state index contributed by atoms with van der Waals surface area (Å²) in [6.07, 6.45) is 6.00. The first kappa shape index (κ1) is 18.0. The van der Waals surface area contributed by atoms with E-state index in [4.69, 9.17) is 23.2 Å². The van der Waals surface area contributed by atoms with Gasteiger partial charge in [-0.2, -0.15) is 0 Å². The molecule has 1 N–H and O–H groups in total. The molecule has 4 nitrogen and oxygen atoms in total. The predicted octanol–water partition coefficient (Wildman–Crippen LogP) is 4.35. The van der Waals surface area contributed by atoms with Crippen LogP contribution in [0.3, 0.4) is 0 Å². The number of carbonyl (C=O) groups excluding carboxylic acids is 1. The number of rotatable bonds is 5. The standard InChI is InChI=1S/C19H21Cl2N3O/c20-16-6-4-14(17(21)12-16)8-9-22-19(25)15-5-7-18(23-13-15)24-10-2-1-3-11-24/h4-7,12-13H,1-3,8-11H2,(H,22,25). The van der Waals surface area contributed by atoms with Gasteiger partial charge in [0.15, 0.2) is 0 Å². The van der Waals surface area contributed by atoms with Crippen molar-refractivity contribution in [1.29, 1.82) is 0 Å². The van der Waals surface area contributed by atoms with Crippen molar-refractivity contribution in [2.24, 2.45) is 0 Å². The quantitative estimate of drug-likeness (QED) is 0.841. The van der Waals surface area contributed by atoms with Gasteiger partial charge in [0.05, 0.1) is 5.56 Å². The van der Waals surface area contributed by atoms with Crippen molar-refractivity contribution in [2.45, 2.75) is 25.7 Å². The Labute approximate surface area is 158 Å². The maximum Gasteiger partial charge on any atom is 0.252 e. The number of piperidine rings is 1. The lowest BCUT2D eigenvalue weighted by atomic mass is 10.1. The molecule has 2 heterocycles. The van der Waals surface area contributed by atoms with E-state index in [0.717, 1.165) is 24.5 Å². The third-order valence-corrected chi connectivity index (χ3v) is 4.97. The lowest BCUT2D eigenvalue weighted by Gasteiger charge is -2.27. The van der Waals surface area contributed by atoms with Crippen LogP contribution in [0.15, 0.2) is 36.5 Å². The molecule has 6 heteroatoms. The number of hydrogen-bond acceptors (Lipinski definition) is 3. The van der Waals surface area contributed by atoms with Gasteiger partial charge < -0.3 is 10.2 Å². The molecule has 2 aromatic rings. The van der Waals surface area contributed by atoms with Crippen LogP contribution in [0.1, 0.15) is 35.2 Å². The maximum atomic E-state index is 12.2. The van der Waals surface area contributed by atoms with Gasteiger partial charge >= 0.3 is 0 Å². The highest BCUT2D eigenvalue weighted by atomic mass is 35.5. The normalized spacial score (nSPS) is 14.4. The summed E-state index contributed by atoms with van der Waals surface area (Å²) in [5, 5.41) is 4.13. The molecule has 1 aliphatic heterocycles. The van der Waals surface area contributed by atoms with E-state index in [0.29, 0.717) is 28.6 Å². The van der Waals surface area contributed by atoms with E-state index in [2.05, 4.69) is 15.2 Å². The molecule has 132 valence electrons. The topological polar surface area (TPSA) is 45.2 Å². The minimum atomic E-state index is -0.122. The number of benzene rings is 1. The van der Waals surface area contributed by atoms with Gasteiger partial charge in [-0.15, -0.1) is 0 Å². The highest BCUT2D eigenvalue weighted by Crippen LogP contribution is 2.21. The van der Waals surface area contributed by atoms with E-state index in [-0.39, 0.29) is 5.91 Å². The van der Waals surface area contributed by atoms with Crippen LogP contribution in [0.25, 0.3) is 0 Å². The van der Waals surface area contributed by atoms with Crippen LogP contribution in [0.5, 0.6) is 0 Å². The fourth-order valence-electron chi connectivity index (χ4n) is 2.97. The first-order valence-electron chi connectivity index (χ1n) is 8.56. The summed E-state index contributed by atoms with van der Waals surface area (Å²) in [6, 6.07) is 9.15. The van der Waals surface area contributed by atoms with E-state index in [1.54, 1.807) is 18.3 Å². The van der Waals surface area contributed by atoms with Gasteiger partial charge in [-0.25, -0.2) is 4.98 Å². The number of anilines is 1. The third-order valence-electron chi connectivity index (χ3n) is 4.39. The van der Waals surface area contributed by atoms with Crippen LogP contribution in [-0.2, 0) is 6.42 Å². The smallest absolute Gasteiger partial charge is 0.252 e. The number of nitrogens with one attached hydrogen (secondary N) is 1. The van der Waals surface area contributed by atoms with Crippen LogP contribution in [0.4, 0.5) is 5.82 Å². The second-order valence-corrected chi connectivity index (χ2v) is 7.04. The van der Waals surface area contributed by atoms with Crippen molar-refractivity contribution in [3.05, 3.63) is 57.7 Å². The average Bonchev–Trinajstić information content (AvgIpc) is 2.64. The number of carbonyl (C=O) groups is 1. The Hall–Kier alpha value is -1.78. The van der Waals surface area contributed by atoms with Gasteiger partial charge in [-0.3, -0.25) is 4.79 Å². The molecule has 1 aromatic carbocycles. The summed E-state index contributed by atoms with van der Waals surface area (Å²) in [4.78, 5) is 19.0. The zero-order valence-corrected chi connectivity index (χ0v) is 15.5. The minimum Gasteiger partial charge on any atom is -0.357 e. The zero-order chi connectivity index (χ0) is 17.6. The molecule has 0 atom stereocenters.